The number of carbonyl (C=O) groups excluding carboxylic acids is 1. The van der Waals surface area contributed by atoms with Crippen LogP contribution in [0.4, 0.5) is 0 Å². The average molecular weight is 199 g/mol. The molecule has 0 spiro atoms. The Morgan fingerprint density at radius 3 is 2.93 bits per heavy atom. The molecule has 0 fully saturated rings. The van der Waals surface area contributed by atoms with E-state index in [1.165, 1.54) is 17.1 Å². The first-order chi connectivity index (χ1) is 6.61. The second kappa shape index (κ2) is 4.38. The molecule has 1 rings (SSSR count). The first kappa shape index (κ1) is 10.2. The lowest BCUT2D eigenvalue weighted by molar-refractivity contribution is -0.144. The number of carboxylic acid groups (broad SMARTS) is 1. The zero-order valence-corrected chi connectivity index (χ0v) is 7.43. The Bertz CT molecular complexity index is 346. The van der Waals surface area contributed by atoms with Crippen LogP contribution in [0, 0.1) is 0 Å². The van der Waals surface area contributed by atoms with Crippen LogP contribution in [-0.2, 0) is 16.7 Å². The number of nitrogens with zero attached hydrogens (tertiary/aromatic N) is 2. The minimum atomic E-state index is -1.16. The molecule has 0 aliphatic rings. The molecule has 1 aromatic rings. The summed E-state index contributed by atoms with van der Waals surface area (Å²) in [7, 11) is 1.64. The Morgan fingerprint density at radius 2 is 2.43 bits per heavy atom. The van der Waals surface area contributed by atoms with Gasteiger partial charge in [-0.3, -0.25) is 9.63 Å². The number of aromatic nitrogens is 2. The molecule has 7 nitrogen and oxygen atoms in total. The van der Waals surface area contributed by atoms with Gasteiger partial charge in [-0.05, 0) is 0 Å². The highest BCUT2D eigenvalue weighted by atomic mass is 16.7. The van der Waals surface area contributed by atoms with E-state index in [4.69, 9.17) is 5.11 Å². The number of nitrogens with one attached hydrogen (secondary N) is 1. The standard InChI is InChI=1S/C7H9N3O4/c1-10-4-8-2-5(10)7(13)9-14-3-6(11)12/h2,4H,3H2,1H3,(H,9,13)(H,11,12). The van der Waals surface area contributed by atoms with Crippen LogP contribution < -0.4 is 5.48 Å². The lowest BCUT2D eigenvalue weighted by Gasteiger charge is -2.03. The number of aliphatic carboxylic acids is 1. The number of aryl methyl sites for hydroxylation is 1. The van der Waals surface area contributed by atoms with Crippen molar-refractivity contribution in [2.24, 2.45) is 7.05 Å². The van der Waals surface area contributed by atoms with Gasteiger partial charge in [-0.2, -0.15) is 0 Å². The average Bonchev–Trinajstić information content (AvgIpc) is 2.50. The summed E-state index contributed by atoms with van der Waals surface area (Å²) < 4.78 is 1.49. The van der Waals surface area contributed by atoms with Crippen molar-refractivity contribution in [2.75, 3.05) is 6.61 Å². The highest BCUT2D eigenvalue weighted by Crippen LogP contribution is 1.94. The number of imidazole rings is 1. The third-order valence-electron chi connectivity index (χ3n) is 1.41. The minimum Gasteiger partial charge on any atom is -0.479 e. The maximum atomic E-state index is 11.2. The lowest BCUT2D eigenvalue weighted by atomic mass is 10.4. The predicted octanol–water partition coefficient (Wildman–Crippen LogP) is -0.834. The van der Waals surface area contributed by atoms with Gasteiger partial charge in [0.15, 0.2) is 6.61 Å². The third-order valence-corrected chi connectivity index (χ3v) is 1.41. The molecule has 1 aromatic heterocycles. The molecular weight excluding hydrogens is 190 g/mol. The molecule has 1 heterocycles. The van der Waals surface area contributed by atoms with Crippen molar-refractivity contribution in [3.63, 3.8) is 0 Å². The van der Waals surface area contributed by atoms with Crippen molar-refractivity contribution in [3.05, 3.63) is 18.2 Å². The van der Waals surface area contributed by atoms with Crippen molar-refractivity contribution in [1.29, 1.82) is 0 Å². The van der Waals surface area contributed by atoms with Crippen LogP contribution in [0.1, 0.15) is 10.5 Å². The fourth-order valence-electron chi connectivity index (χ4n) is 0.792. The van der Waals surface area contributed by atoms with Crippen LogP contribution in [0.2, 0.25) is 0 Å². The van der Waals surface area contributed by atoms with Crippen LogP contribution in [0.3, 0.4) is 0 Å². The molecule has 0 saturated carbocycles. The monoisotopic (exact) mass is 199 g/mol. The summed E-state index contributed by atoms with van der Waals surface area (Å²) in [5.41, 5.74) is 2.26. The van der Waals surface area contributed by atoms with E-state index in [0.29, 0.717) is 0 Å². The molecule has 2 N–H and O–H groups in total. The molecule has 0 radical (unpaired) electrons. The maximum absolute atomic E-state index is 11.2. The highest BCUT2D eigenvalue weighted by Gasteiger charge is 2.09. The van der Waals surface area contributed by atoms with E-state index < -0.39 is 18.5 Å². The van der Waals surface area contributed by atoms with E-state index in [1.807, 2.05) is 5.48 Å². The molecule has 1 amide bonds. The second-order valence-electron chi connectivity index (χ2n) is 2.50. The van der Waals surface area contributed by atoms with Crippen LogP contribution in [-0.4, -0.2) is 33.1 Å². The largest absolute Gasteiger partial charge is 0.479 e. The Hall–Kier alpha value is -1.89. The Labute approximate surface area is 79.3 Å². The fourth-order valence-corrected chi connectivity index (χ4v) is 0.792. The first-order valence-corrected chi connectivity index (χ1v) is 3.71. The molecule has 0 saturated heterocycles. The van der Waals surface area contributed by atoms with E-state index in [1.54, 1.807) is 7.05 Å². The van der Waals surface area contributed by atoms with Gasteiger partial charge in [0.05, 0.1) is 12.5 Å². The number of hydrogen-bond acceptors (Lipinski definition) is 4. The fraction of sp³-hybridized carbons (Fsp3) is 0.286. The van der Waals surface area contributed by atoms with Crippen molar-refractivity contribution >= 4 is 11.9 Å². The molecule has 0 aliphatic carbocycles. The van der Waals surface area contributed by atoms with E-state index in [9.17, 15) is 9.59 Å². The van der Waals surface area contributed by atoms with Gasteiger partial charge in [-0.1, -0.05) is 0 Å². The minimum absolute atomic E-state index is 0.287. The smallest absolute Gasteiger partial charge is 0.332 e. The van der Waals surface area contributed by atoms with Gasteiger partial charge in [0.1, 0.15) is 5.69 Å². The van der Waals surface area contributed by atoms with Gasteiger partial charge in [0, 0.05) is 7.05 Å². The van der Waals surface area contributed by atoms with E-state index in [0.717, 1.165) is 0 Å². The summed E-state index contributed by atoms with van der Waals surface area (Å²) in [5.74, 6) is -1.69. The van der Waals surface area contributed by atoms with Gasteiger partial charge in [0.2, 0.25) is 0 Å². The van der Waals surface area contributed by atoms with E-state index in [-0.39, 0.29) is 5.69 Å². The van der Waals surface area contributed by atoms with Gasteiger partial charge in [-0.25, -0.2) is 15.3 Å². The van der Waals surface area contributed by atoms with Gasteiger partial charge < -0.3 is 9.67 Å². The van der Waals surface area contributed by atoms with Crippen LogP contribution in [0.15, 0.2) is 12.5 Å². The Morgan fingerprint density at radius 1 is 1.71 bits per heavy atom. The number of hydroxylamine groups is 1. The summed E-state index contributed by atoms with van der Waals surface area (Å²) in [6.45, 7) is -0.580. The predicted molar refractivity (Wildman–Crippen MR) is 44.3 cm³/mol. The molecule has 0 unspecified atom stereocenters. The number of hydrogen-bond donors (Lipinski definition) is 2. The Kier molecular flexibility index (Phi) is 3.19. The number of carbonyl (C=O) groups is 2. The molecular formula is C7H9N3O4. The topological polar surface area (TPSA) is 93.5 Å². The molecule has 0 aromatic carbocycles. The highest BCUT2D eigenvalue weighted by molar-refractivity contribution is 5.91. The van der Waals surface area contributed by atoms with Crippen LogP contribution in [0.5, 0.6) is 0 Å². The molecule has 7 heteroatoms. The van der Waals surface area contributed by atoms with Crippen LogP contribution in [0.25, 0.3) is 0 Å². The molecule has 0 aliphatic heterocycles. The SMILES string of the molecule is Cn1cncc1C(=O)NOCC(=O)O. The van der Waals surface area contributed by atoms with Crippen molar-refractivity contribution in [2.45, 2.75) is 0 Å². The van der Waals surface area contributed by atoms with E-state index in [2.05, 4.69) is 9.82 Å². The quantitative estimate of drug-likeness (QED) is 0.617. The van der Waals surface area contributed by atoms with Crippen molar-refractivity contribution in [1.82, 2.24) is 15.0 Å². The second-order valence-corrected chi connectivity index (χ2v) is 2.50. The summed E-state index contributed by atoms with van der Waals surface area (Å²) in [6.07, 6.45) is 2.80. The first-order valence-electron chi connectivity index (χ1n) is 3.71. The van der Waals surface area contributed by atoms with Gasteiger partial charge >= 0.3 is 5.97 Å². The molecule has 14 heavy (non-hydrogen) atoms. The molecule has 0 bridgehead atoms. The van der Waals surface area contributed by atoms with Crippen molar-refractivity contribution in [3.8, 4) is 0 Å². The zero-order chi connectivity index (χ0) is 10.6. The zero-order valence-electron chi connectivity index (χ0n) is 7.43. The normalized spacial score (nSPS) is 9.79. The van der Waals surface area contributed by atoms with Gasteiger partial charge in [0.25, 0.3) is 5.91 Å². The summed E-state index contributed by atoms with van der Waals surface area (Å²) >= 11 is 0. The van der Waals surface area contributed by atoms with Crippen molar-refractivity contribution < 1.29 is 19.5 Å². The van der Waals surface area contributed by atoms with E-state index >= 15 is 0 Å². The molecule has 76 valence electrons. The Balaban J connectivity index is 2.44. The summed E-state index contributed by atoms with van der Waals surface area (Å²) in [4.78, 5) is 29.4. The number of rotatable bonds is 4. The maximum Gasteiger partial charge on any atom is 0.332 e. The third kappa shape index (κ3) is 2.56. The summed E-state index contributed by atoms with van der Waals surface area (Å²) in [5, 5.41) is 8.22. The molecule has 0 atom stereocenters. The lowest BCUT2D eigenvalue weighted by Crippen LogP contribution is -2.28. The number of amides is 1. The summed E-state index contributed by atoms with van der Waals surface area (Å²) in [6, 6.07) is 0. The van der Waals surface area contributed by atoms with Crippen LogP contribution >= 0.6 is 0 Å². The number of carboxylic acids is 1. The van der Waals surface area contributed by atoms with Gasteiger partial charge in [-0.15, -0.1) is 0 Å².